The number of piperazine rings is 1. The van der Waals surface area contributed by atoms with Crippen molar-refractivity contribution in [3.05, 3.63) is 47.1 Å². The molecule has 170 valence electrons. The molecule has 9 heteroatoms. The number of amides is 2. The van der Waals surface area contributed by atoms with Crippen LogP contribution in [0.15, 0.2) is 41.6 Å². The second-order valence-electron chi connectivity index (χ2n) is 8.42. The molecule has 2 amide bonds. The van der Waals surface area contributed by atoms with E-state index in [1.54, 1.807) is 6.07 Å². The minimum Gasteiger partial charge on any atom is -0.353 e. The number of anilines is 1. The fourth-order valence-electron chi connectivity index (χ4n) is 3.91. The van der Waals surface area contributed by atoms with Gasteiger partial charge in [0.05, 0.1) is 11.8 Å². The molecule has 1 saturated carbocycles. The van der Waals surface area contributed by atoms with Crippen molar-refractivity contribution >= 4 is 41.0 Å². The molecule has 0 radical (unpaired) electrons. The van der Waals surface area contributed by atoms with Gasteiger partial charge in [0.25, 0.3) is 0 Å². The molecular weight excluding hydrogens is 446 g/mol. The highest BCUT2D eigenvalue weighted by Crippen LogP contribution is 2.33. The quantitative estimate of drug-likeness (QED) is 0.376. The Balaban J connectivity index is 1.33. The Bertz CT molecular complexity index is 972. The fraction of sp³-hybridized carbons (Fsp3) is 0.478. The van der Waals surface area contributed by atoms with Crippen molar-refractivity contribution in [3.63, 3.8) is 0 Å². The zero-order valence-corrected chi connectivity index (χ0v) is 19.9. The van der Waals surface area contributed by atoms with Crippen LogP contribution in [0.1, 0.15) is 38.3 Å². The van der Waals surface area contributed by atoms with Crippen LogP contribution >= 0.6 is 23.4 Å². The summed E-state index contributed by atoms with van der Waals surface area (Å²) in [6.07, 6.45) is 2.04. The Morgan fingerprint density at radius 3 is 2.66 bits per heavy atom. The van der Waals surface area contributed by atoms with Crippen molar-refractivity contribution in [2.75, 3.05) is 30.3 Å². The molecule has 7 nitrogen and oxygen atoms in total. The van der Waals surface area contributed by atoms with Crippen molar-refractivity contribution in [3.8, 4) is 0 Å². The molecule has 2 unspecified atom stereocenters. The zero-order valence-electron chi connectivity index (χ0n) is 18.3. The molecule has 1 aromatic carbocycles. The van der Waals surface area contributed by atoms with E-state index in [1.807, 2.05) is 42.2 Å². The van der Waals surface area contributed by atoms with E-state index in [0.717, 1.165) is 24.2 Å². The predicted molar refractivity (Wildman–Crippen MR) is 127 cm³/mol. The standard InChI is InChI=1S/C23H28ClN5O2S/c1-15-13-28(10-11-29(15)22(31)18-8-9-18)20-12-19(24)26-23(27-20)32-14-21(30)25-16(2)17-6-4-3-5-7-17/h3-7,12,15-16,18H,8-11,13-14H2,1-2H3,(H,25,30). The number of benzene rings is 1. The van der Waals surface area contributed by atoms with Gasteiger partial charge in [-0.1, -0.05) is 53.7 Å². The number of thioether (sulfide) groups is 1. The van der Waals surface area contributed by atoms with Gasteiger partial charge in [-0.3, -0.25) is 9.59 Å². The van der Waals surface area contributed by atoms with Crippen LogP contribution < -0.4 is 10.2 Å². The van der Waals surface area contributed by atoms with Crippen LogP contribution in [0.4, 0.5) is 5.82 Å². The summed E-state index contributed by atoms with van der Waals surface area (Å²) in [6.45, 7) is 6.12. The van der Waals surface area contributed by atoms with Crippen LogP contribution in [0.3, 0.4) is 0 Å². The van der Waals surface area contributed by atoms with Crippen LogP contribution in [-0.4, -0.2) is 58.1 Å². The Morgan fingerprint density at radius 1 is 1.22 bits per heavy atom. The van der Waals surface area contributed by atoms with Crippen LogP contribution in [-0.2, 0) is 9.59 Å². The summed E-state index contributed by atoms with van der Waals surface area (Å²) in [5.41, 5.74) is 1.06. The molecule has 2 atom stereocenters. The van der Waals surface area contributed by atoms with Gasteiger partial charge in [-0.2, -0.15) is 0 Å². The molecule has 1 N–H and O–H groups in total. The van der Waals surface area contributed by atoms with Gasteiger partial charge in [0.1, 0.15) is 11.0 Å². The molecule has 32 heavy (non-hydrogen) atoms. The number of halogens is 1. The van der Waals surface area contributed by atoms with Gasteiger partial charge in [-0.25, -0.2) is 9.97 Å². The van der Waals surface area contributed by atoms with Crippen molar-refractivity contribution in [1.29, 1.82) is 0 Å². The average molecular weight is 474 g/mol. The summed E-state index contributed by atoms with van der Waals surface area (Å²) in [4.78, 5) is 37.9. The highest BCUT2D eigenvalue weighted by molar-refractivity contribution is 7.99. The highest BCUT2D eigenvalue weighted by atomic mass is 35.5. The normalized spacial score (nSPS) is 19.5. The van der Waals surface area contributed by atoms with Crippen LogP contribution in [0, 0.1) is 5.92 Å². The Morgan fingerprint density at radius 2 is 1.97 bits per heavy atom. The van der Waals surface area contributed by atoms with E-state index in [1.165, 1.54) is 11.8 Å². The third-order valence-corrected chi connectivity index (χ3v) is 6.87. The summed E-state index contributed by atoms with van der Waals surface area (Å²) in [6, 6.07) is 11.6. The van der Waals surface area contributed by atoms with E-state index in [4.69, 9.17) is 11.6 Å². The van der Waals surface area contributed by atoms with Crippen molar-refractivity contribution in [2.45, 2.75) is 43.9 Å². The molecule has 2 aliphatic rings. The number of carbonyl (C=O) groups is 2. The average Bonchev–Trinajstić information content (AvgIpc) is 3.63. The number of rotatable bonds is 7. The molecule has 2 aromatic rings. The van der Waals surface area contributed by atoms with E-state index in [-0.39, 0.29) is 35.6 Å². The maximum atomic E-state index is 12.5. The summed E-state index contributed by atoms with van der Waals surface area (Å²) < 4.78 is 0. The topological polar surface area (TPSA) is 78.4 Å². The lowest BCUT2D eigenvalue weighted by Crippen LogP contribution is -2.54. The number of hydrogen-bond donors (Lipinski definition) is 1. The zero-order chi connectivity index (χ0) is 22.7. The first-order valence-electron chi connectivity index (χ1n) is 11.0. The van der Waals surface area contributed by atoms with Gasteiger partial charge in [-0.15, -0.1) is 0 Å². The lowest BCUT2D eigenvalue weighted by atomic mass is 10.1. The number of aromatic nitrogens is 2. The molecule has 4 rings (SSSR count). The number of nitrogens with one attached hydrogen (secondary N) is 1. The first-order chi connectivity index (χ1) is 15.4. The molecule has 2 heterocycles. The molecule has 0 spiro atoms. The maximum absolute atomic E-state index is 12.5. The molecule has 1 aliphatic heterocycles. The first-order valence-corrected chi connectivity index (χ1v) is 12.3. The maximum Gasteiger partial charge on any atom is 0.230 e. The van der Waals surface area contributed by atoms with Crippen molar-refractivity contribution in [1.82, 2.24) is 20.2 Å². The molecule has 1 aliphatic carbocycles. The minimum atomic E-state index is -0.0858. The van der Waals surface area contributed by atoms with E-state index in [2.05, 4.69) is 27.1 Å². The third-order valence-electron chi connectivity index (χ3n) is 5.83. The van der Waals surface area contributed by atoms with Crippen LogP contribution in [0.25, 0.3) is 0 Å². The van der Waals surface area contributed by atoms with E-state index < -0.39 is 0 Å². The van der Waals surface area contributed by atoms with Crippen LogP contribution in [0.2, 0.25) is 5.15 Å². The van der Waals surface area contributed by atoms with Gasteiger partial charge >= 0.3 is 0 Å². The lowest BCUT2D eigenvalue weighted by Gasteiger charge is -2.40. The van der Waals surface area contributed by atoms with Gasteiger partial charge in [-0.05, 0) is 32.3 Å². The largest absolute Gasteiger partial charge is 0.353 e. The summed E-state index contributed by atoms with van der Waals surface area (Å²) in [5, 5.41) is 3.82. The third kappa shape index (κ3) is 5.72. The van der Waals surface area contributed by atoms with E-state index in [9.17, 15) is 9.59 Å². The summed E-state index contributed by atoms with van der Waals surface area (Å²) >= 11 is 7.52. The highest BCUT2D eigenvalue weighted by Gasteiger charge is 2.37. The van der Waals surface area contributed by atoms with Gasteiger partial charge in [0, 0.05) is 37.7 Å². The minimum absolute atomic E-state index is 0.0729. The fourth-order valence-corrected chi connectivity index (χ4v) is 4.80. The second-order valence-corrected chi connectivity index (χ2v) is 9.75. The monoisotopic (exact) mass is 473 g/mol. The van der Waals surface area contributed by atoms with E-state index >= 15 is 0 Å². The second kappa shape index (κ2) is 10.1. The molecular formula is C23H28ClN5O2S. The summed E-state index contributed by atoms with van der Waals surface area (Å²) in [5.74, 6) is 1.37. The molecule has 2 fully saturated rings. The SMILES string of the molecule is CC(NC(=O)CSc1nc(Cl)cc(N2CCN(C(=O)C3CC3)C(C)C2)n1)c1ccccc1. The smallest absolute Gasteiger partial charge is 0.230 e. The van der Waals surface area contributed by atoms with Gasteiger partial charge in [0.15, 0.2) is 5.16 Å². The predicted octanol–water partition coefficient (Wildman–Crippen LogP) is 3.55. The molecule has 0 bridgehead atoms. The first kappa shape index (κ1) is 22.9. The Kier molecular flexibility index (Phi) is 7.20. The van der Waals surface area contributed by atoms with Crippen molar-refractivity contribution in [2.24, 2.45) is 5.92 Å². The van der Waals surface area contributed by atoms with Gasteiger partial charge in [0.2, 0.25) is 11.8 Å². The Hall–Kier alpha value is -2.32. The number of nitrogens with zero attached hydrogens (tertiary/aromatic N) is 4. The molecule has 1 saturated heterocycles. The molecule has 1 aromatic heterocycles. The Labute approximate surface area is 197 Å². The summed E-state index contributed by atoms with van der Waals surface area (Å²) in [7, 11) is 0. The lowest BCUT2D eigenvalue weighted by molar-refractivity contribution is -0.135. The number of hydrogen-bond acceptors (Lipinski definition) is 6. The van der Waals surface area contributed by atoms with E-state index in [0.29, 0.717) is 29.9 Å². The van der Waals surface area contributed by atoms with Crippen molar-refractivity contribution < 1.29 is 9.59 Å². The number of carbonyl (C=O) groups excluding carboxylic acids is 2. The van der Waals surface area contributed by atoms with Gasteiger partial charge < -0.3 is 15.1 Å². The van der Waals surface area contributed by atoms with Crippen LogP contribution in [0.5, 0.6) is 0 Å².